The molecule has 2 rings (SSSR count). The molecule has 19 heavy (non-hydrogen) atoms. The first kappa shape index (κ1) is 14.0. The molecule has 0 aromatic carbocycles. The highest BCUT2D eigenvalue weighted by molar-refractivity contribution is 7.23. The molecule has 102 valence electrons. The van der Waals surface area contributed by atoms with Crippen LogP contribution in [0.25, 0.3) is 9.88 Å². The van der Waals surface area contributed by atoms with Crippen LogP contribution < -0.4 is 5.32 Å². The van der Waals surface area contributed by atoms with Crippen LogP contribution in [-0.4, -0.2) is 28.2 Å². The Bertz CT molecular complexity index is 552. The molecule has 8 heteroatoms. The van der Waals surface area contributed by atoms with E-state index in [1.54, 1.807) is 6.07 Å². The van der Waals surface area contributed by atoms with Gasteiger partial charge in [0.15, 0.2) is 5.01 Å². The molecule has 2 aromatic rings. The van der Waals surface area contributed by atoms with E-state index >= 15 is 0 Å². The summed E-state index contributed by atoms with van der Waals surface area (Å²) in [5, 5.41) is 24.0. The van der Waals surface area contributed by atoms with E-state index in [-0.39, 0.29) is 9.92 Å². The van der Waals surface area contributed by atoms with Crippen molar-refractivity contribution in [3.63, 3.8) is 0 Å². The Morgan fingerprint density at radius 1 is 1.32 bits per heavy atom. The summed E-state index contributed by atoms with van der Waals surface area (Å²) in [6.45, 7) is 4.01. The summed E-state index contributed by atoms with van der Waals surface area (Å²) in [5.74, 6) is 0. The third kappa shape index (κ3) is 3.79. The molecule has 0 unspecified atom stereocenters. The molecule has 0 aliphatic heterocycles. The van der Waals surface area contributed by atoms with Gasteiger partial charge in [0.25, 0.3) is 0 Å². The van der Waals surface area contributed by atoms with Crippen LogP contribution >= 0.6 is 22.7 Å². The summed E-state index contributed by atoms with van der Waals surface area (Å²) in [6.07, 6.45) is 1.95. The van der Waals surface area contributed by atoms with E-state index in [0.717, 1.165) is 52.2 Å². The van der Waals surface area contributed by atoms with Gasteiger partial charge in [-0.25, -0.2) is 0 Å². The van der Waals surface area contributed by atoms with Crippen molar-refractivity contribution in [3.05, 3.63) is 27.3 Å². The Kier molecular flexibility index (Phi) is 4.94. The normalized spacial score (nSPS) is 10.8. The average Bonchev–Trinajstić information content (AvgIpc) is 3.03. The first-order valence-corrected chi connectivity index (χ1v) is 7.61. The van der Waals surface area contributed by atoms with Crippen molar-refractivity contribution < 1.29 is 4.92 Å². The minimum absolute atomic E-state index is 0.136. The molecule has 0 atom stereocenters. The van der Waals surface area contributed by atoms with Crippen molar-refractivity contribution in [1.82, 2.24) is 15.5 Å². The Balaban J connectivity index is 1.97. The van der Waals surface area contributed by atoms with Gasteiger partial charge in [0.1, 0.15) is 5.01 Å². The number of nitrogens with zero attached hydrogens (tertiary/aromatic N) is 3. The van der Waals surface area contributed by atoms with E-state index in [1.807, 2.05) is 0 Å². The monoisotopic (exact) mass is 298 g/mol. The summed E-state index contributed by atoms with van der Waals surface area (Å²) < 4.78 is 0. The van der Waals surface area contributed by atoms with Crippen molar-refractivity contribution >= 4 is 27.7 Å². The molecule has 0 saturated carbocycles. The number of hydrogen-bond donors (Lipinski definition) is 1. The summed E-state index contributed by atoms with van der Waals surface area (Å²) in [7, 11) is 0. The van der Waals surface area contributed by atoms with Crippen molar-refractivity contribution in [2.24, 2.45) is 0 Å². The SMILES string of the molecule is CCCNCCc1nnc(-c2ccc([N+](=O)[O-])s2)s1. The highest BCUT2D eigenvalue weighted by Gasteiger charge is 2.14. The lowest BCUT2D eigenvalue weighted by Gasteiger charge is -1.98. The fourth-order valence-corrected chi connectivity index (χ4v) is 3.20. The molecule has 0 fully saturated rings. The summed E-state index contributed by atoms with van der Waals surface area (Å²) in [4.78, 5) is 11.0. The fourth-order valence-electron chi connectivity index (χ4n) is 1.49. The summed E-state index contributed by atoms with van der Waals surface area (Å²) in [5.41, 5.74) is 0. The molecule has 0 aliphatic rings. The lowest BCUT2D eigenvalue weighted by Crippen LogP contribution is -2.17. The molecule has 0 amide bonds. The van der Waals surface area contributed by atoms with Gasteiger partial charge in [-0.3, -0.25) is 10.1 Å². The van der Waals surface area contributed by atoms with Gasteiger partial charge in [0.2, 0.25) is 0 Å². The van der Waals surface area contributed by atoms with Crippen LogP contribution in [0.1, 0.15) is 18.4 Å². The lowest BCUT2D eigenvalue weighted by molar-refractivity contribution is -0.380. The van der Waals surface area contributed by atoms with Gasteiger partial charge in [-0.05, 0) is 19.0 Å². The number of nitrogens with one attached hydrogen (secondary N) is 1. The molecule has 2 heterocycles. The third-order valence-corrected chi connectivity index (χ3v) is 4.58. The number of hydrogen-bond acceptors (Lipinski definition) is 7. The Labute approximate surface area is 118 Å². The third-order valence-electron chi connectivity index (χ3n) is 2.39. The molecule has 1 N–H and O–H groups in total. The minimum atomic E-state index is -0.384. The molecule has 0 radical (unpaired) electrons. The maximum atomic E-state index is 10.6. The number of nitro groups is 1. The van der Waals surface area contributed by atoms with E-state index in [0.29, 0.717) is 0 Å². The van der Waals surface area contributed by atoms with E-state index in [4.69, 9.17) is 0 Å². The number of thiophene rings is 1. The summed E-state index contributed by atoms with van der Waals surface area (Å²) in [6, 6.07) is 3.23. The van der Waals surface area contributed by atoms with Crippen LogP contribution in [-0.2, 0) is 6.42 Å². The van der Waals surface area contributed by atoms with Crippen molar-refractivity contribution in [1.29, 1.82) is 0 Å². The number of aromatic nitrogens is 2. The maximum Gasteiger partial charge on any atom is 0.324 e. The molecular weight excluding hydrogens is 284 g/mol. The van der Waals surface area contributed by atoms with Crippen molar-refractivity contribution in [3.8, 4) is 9.88 Å². The van der Waals surface area contributed by atoms with E-state index in [1.165, 1.54) is 17.4 Å². The van der Waals surface area contributed by atoms with Crippen LogP contribution in [0, 0.1) is 10.1 Å². The second-order valence-corrected chi connectivity index (χ2v) is 6.02. The van der Waals surface area contributed by atoms with E-state index in [2.05, 4.69) is 22.4 Å². The largest absolute Gasteiger partial charge is 0.324 e. The Morgan fingerprint density at radius 2 is 2.16 bits per heavy atom. The fraction of sp³-hybridized carbons (Fsp3) is 0.455. The van der Waals surface area contributed by atoms with Gasteiger partial charge in [-0.1, -0.05) is 29.6 Å². The molecule has 6 nitrogen and oxygen atoms in total. The van der Waals surface area contributed by atoms with E-state index in [9.17, 15) is 10.1 Å². The van der Waals surface area contributed by atoms with E-state index < -0.39 is 0 Å². The van der Waals surface area contributed by atoms with Gasteiger partial charge in [0.05, 0.1) is 9.80 Å². The van der Waals surface area contributed by atoms with Crippen LogP contribution in [0.2, 0.25) is 0 Å². The molecular formula is C11H14N4O2S2. The van der Waals surface area contributed by atoms with Crippen LogP contribution in [0.15, 0.2) is 12.1 Å². The first-order valence-electron chi connectivity index (χ1n) is 5.98. The zero-order valence-corrected chi connectivity index (χ0v) is 12.1. The second kappa shape index (κ2) is 6.69. The highest BCUT2D eigenvalue weighted by atomic mass is 32.1. The highest BCUT2D eigenvalue weighted by Crippen LogP contribution is 2.34. The second-order valence-electron chi connectivity index (χ2n) is 3.90. The van der Waals surface area contributed by atoms with Gasteiger partial charge < -0.3 is 5.32 Å². The smallest absolute Gasteiger partial charge is 0.316 e. The van der Waals surface area contributed by atoms with Crippen LogP contribution in [0.5, 0.6) is 0 Å². The topological polar surface area (TPSA) is 81.0 Å². The molecule has 2 aromatic heterocycles. The Hall–Kier alpha value is -1.38. The number of rotatable bonds is 7. The standard InChI is InChI=1S/C11H14N4O2S2/c1-2-6-12-7-5-9-13-14-11(19-9)8-3-4-10(18-8)15(16)17/h3-4,12H,2,5-7H2,1H3. The quantitative estimate of drug-likeness (QED) is 0.483. The summed E-state index contributed by atoms with van der Waals surface area (Å²) >= 11 is 2.63. The van der Waals surface area contributed by atoms with Gasteiger partial charge >= 0.3 is 5.00 Å². The van der Waals surface area contributed by atoms with Gasteiger partial charge in [0, 0.05) is 19.0 Å². The lowest BCUT2D eigenvalue weighted by atomic mass is 10.4. The predicted molar refractivity (Wildman–Crippen MR) is 76.7 cm³/mol. The molecule has 0 aliphatic carbocycles. The molecule has 0 saturated heterocycles. The first-order chi connectivity index (χ1) is 9.20. The average molecular weight is 298 g/mol. The minimum Gasteiger partial charge on any atom is -0.316 e. The zero-order valence-electron chi connectivity index (χ0n) is 10.5. The predicted octanol–water partition coefficient (Wildman–Crippen LogP) is 2.72. The van der Waals surface area contributed by atoms with Crippen molar-refractivity contribution in [2.75, 3.05) is 13.1 Å². The molecule has 0 spiro atoms. The van der Waals surface area contributed by atoms with Crippen molar-refractivity contribution in [2.45, 2.75) is 19.8 Å². The maximum absolute atomic E-state index is 10.6. The zero-order chi connectivity index (χ0) is 13.7. The Morgan fingerprint density at radius 3 is 2.84 bits per heavy atom. The van der Waals surface area contributed by atoms with Crippen LogP contribution in [0.3, 0.4) is 0 Å². The molecule has 0 bridgehead atoms. The van der Waals surface area contributed by atoms with Gasteiger partial charge in [-0.2, -0.15) is 0 Å². The van der Waals surface area contributed by atoms with Gasteiger partial charge in [-0.15, -0.1) is 10.2 Å². The van der Waals surface area contributed by atoms with Crippen LogP contribution in [0.4, 0.5) is 5.00 Å².